The predicted molar refractivity (Wildman–Crippen MR) is 100 cm³/mol. The third-order valence-electron chi connectivity index (χ3n) is 3.51. The van der Waals surface area contributed by atoms with Gasteiger partial charge in [-0.3, -0.25) is 0 Å². The number of ether oxygens (including phenoxy) is 2. The highest BCUT2D eigenvalue weighted by molar-refractivity contribution is 9.10. The molecule has 0 radical (unpaired) electrons. The van der Waals surface area contributed by atoms with E-state index in [4.69, 9.17) is 9.47 Å². The highest BCUT2D eigenvalue weighted by atomic mass is 79.9. The Hall–Kier alpha value is -1.74. The summed E-state index contributed by atoms with van der Waals surface area (Å²) in [5, 5.41) is 0. The van der Waals surface area contributed by atoms with Crippen molar-refractivity contribution in [3.05, 3.63) is 65.1 Å². The van der Waals surface area contributed by atoms with E-state index in [0.717, 1.165) is 60.4 Å². The second-order valence-corrected chi connectivity index (χ2v) is 6.25. The van der Waals surface area contributed by atoms with Gasteiger partial charge in [0.1, 0.15) is 11.5 Å². The molecule has 0 N–H and O–H groups in total. The molecule has 0 aromatic heterocycles. The summed E-state index contributed by atoms with van der Waals surface area (Å²) >= 11 is 3.41. The summed E-state index contributed by atoms with van der Waals surface area (Å²) in [6, 6.07) is 16.0. The van der Waals surface area contributed by atoms with Crippen LogP contribution in [0.2, 0.25) is 0 Å². The Bertz CT molecular complexity index is 576. The summed E-state index contributed by atoms with van der Waals surface area (Å²) in [7, 11) is 0. The van der Waals surface area contributed by atoms with Gasteiger partial charge in [-0.25, -0.2) is 0 Å². The van der Waals surface area contributed by atoms with E-state index in [1.54, 1.807) is 0 Å². The Balaban J connectivity index is 1.49. The van der Waals surface area contributed by atoms with Crippen LogP contribution in [-0.2, 0) is 0 Å². The fraction of sp³-hybridized carbons (Fsp3) is 0.300. The molecule has 0 heterocycles. The Morgan fingerprint density at radius 1 is 0.739 bits per heavy atom. The maximum atomic E-state index is 5.72. The maximum absolute atomic E-state index is 5.72. The molecule has 0 aliphatic carbocycles. The molecule has 0 unspecified atom stereocenters. The van der Waals surface area contributed by atoms with E-state index in [2.05, 4.69) is 22.5 Å². The molecule has 0 fully saturated rings. The van der Waals surface area contributed by atoms with E-state index in [9.17, 15) is 0 Å². The van der Waals surface area contributed by atoms with Crippen LogP contribution in [0.4, 0.5) is 0 Å². The number of halogens is 1. The van der Waals surface area contributed by atoms with Gasteiger partial charge < -0.3 is 9.47 Å². The van der Waals surface area contributed by atoms with Crippen molar-refractivity contribution >= 4 is 22.0 Å². The molecule has 3 heteroatoms. The van der Waals surface area contributed by atoms with E-state index in [1.165, 1.54) is 0 Å². The lowest BCUT2D eigenvalue weighted by molar-refractivity contribution is 0.287. The largest absolute Gasteiger partial charge is 0.494 e. The Morgan fingerprint density at radius 3 is 1.70 bits per heavy atom. The smallest absolute Gasteiger partial charge is 0.119 e. The number of hydrogen-bond donors (Lipinski definition) is 0. The van der Waals surface area contributed by atoms with Crippen LogP contribution in [0.25, 0.3) is 6.08 Å². The SMILES string of the molecule is C=Cc1ccc(OCCCCCCOc2ccc(Br)cc2)cc1. The second kappa shape index (κ2) is 10.1. The fourth-order valence-corrected chi connectivity index (χ4v) is 2.43. The number of unbranched alkanes of at least 4 members (excludes halogenated alkanes) is 3. The minimum absolute atomic E-state index is 0.765. The molecule has 0 aliphatic rings. The number of benzene rings is 2. The van der Waals surface area contributed by atoms with Gasteiger partial charge >= 0.3 is 0 Å². The van der Waals surface area contributed by atoms with Crippen molar-refractivity contribution in [2.45, 2.75) is 25.7 Å². The minimum atomic E-state index is 0.765. The average Bonchev–Trinajstić information content (AvgIpc) is 2.59. The highest BCUT2D eigenvalue weighted by Gasteiger charge is 1.96. The first-order valence-corrected chi connectivity index (χ1v) is 8.81. The average molecular weight is 375 g/mol. The number of rotatable bonds is 10. The second-order valence-electron chi connectivity index (χ2n) is 5.34. The van der Waals surface area contributed by atoms with Gasteiger partial charge in [-0.15, -0.1) is 0 Å². The predicted octanol–water partition coefficient (Wildman–Crippen LogP) is 6.11. The molecular weight excluding hydrogens is 352 g/mol. The summed E-state index contributed by atoms with van der Waals surface area (Å²) in [6.07, 6.45) is 6.30. The highest BCUT2D eigenvalue weighted by Crippen LogP contribution is 2.17. The van der Waals surface area contributed by atoms with E-state index >= 15 is 0 Å². The van der Waals surface area contributed by atoms with Gasteiger partial charge in [-0.2, -0.15) is 0 Å². The third kappa shape index (κ3) is 6.91. The van der Waals surface area contributed by atoms with Gasteiger partial charge in [0.05, 0.1) is 13.2 Å². The van der Waals surface area contributed by atoms with Gasteiger partial charge in [-0.1, -0.05) is 40.7 Å². The van der Waals surface area contributed by atoms with E-state index in [0.29, 0.717) is 0 Å². The summed E-state index contributed by atoms with van der Waals surface area (Å²) in [5.74, 6) is 1.86. The zero-order valence-corrected chi connectivity index (χ0v) is 14.9. The van der Waals surface area contributed by atoms with Gasteiger partial charge in [0.25, 0.3) is 0 Å². The van der Waals surface area contributed by atoms with Gasteiger partial charge in [0.15, 0.2) is 0 Å². The van der Waals surface area contributed by atoms with Crippen LogP contribution in [0.1, 0.15) is 31.2 Å². The first-order valence-electron chi connectivity index (χ1n) is 8.01. The van der Waals surface area contributed by atoms with Crippen LogP contribution in [-0.4, -0.2) is 13.2 Å². The number of hydrogen-bond acceptors (Lipinski definition) is 2. The van der Waals surface area contributed by atoms with Gasteiger partial charge in [0.2, 0.25) is 0 Å². The van der Waals surface area contributed by atoms with Crippen LogP contribution in [0.5, 0.6) is 11.5 Å². The van der Waals surface area contributed by atoms with Crippen molar-refractivity contribution in [3.63, 3.8) is 0 Å². The standard InChI is InChI=1S/C20H23BrO2/c1-2-17-7-11-19(12-8-17)22-15-5-3-4-6-16-23-20-13-9-18(21)10-14-20/h2,7-14H,1,3-6,15-16H2. The molecule has 0 spiro atoms. The molecular formula is C20H23BrO2. The lowest BCUT2D eigenvalue weighted by Crippen LogP contribution is -1.99. The molecule has 2 aromatic rings. The maximum Gasteiger partial charge on any atom is 0.119 e. The van der Waals surface area contributed by atoms with Crippen molar-refractivity contribution in [2.75, 3.05) is 13.2 Å². The molecule has 23 heavy (non-hydrogen) atoms. The lowest BCUT2D eigenvalue weighted by atomic mass is 10.2. The summed E-state index contributed by atoms with van der Waals surface area (Å²) in [4.78, 5) is 0. The van der Waals surface area contributed by atoms with Crippen molar-refractivity contribution in [2.24, 2.45) is 0 Å². The van der Waals surface area contributed by atoms with Crippen LogP contribution in [0.3, 0.4) is 0 Å². The molecule has 2 aromatic carbocycles. The molecule has 0 saturated heterocycles. The normalized spacial score (nSPS) is 10.3. The van der Waals surface area contributed by atoms with E-state index < -0.39 is 0 Å². The topological polar surface area (TPSA) is 18.5 Å². The van der Waals surface area contributed by atoms with Crippen LogP contribution in [0, 0.1) is 0 Å². The summed E-state index contributed by atoms with van der Waals surface area (Å²) in [6.45, 7) is 5.28. The summed E-state index contributed by atoms with van der Waals surface area (Å²) < 4.78 is 12.5. The fourth-order valence-electron chi connectivity index (χ4n) is 2.17. The zero-order chi connectivity index (χ0) is 16.3. The van der Waals surface area contributed by atoms with E-state index in [-0.39, 0.29) is 0 Å². The molecule has 0 amide bonds. The van der Waals surface area contributed by atoms with E-state index in [1.807, 2.05) is 54.6 Å². The molecule has 0 saturated carbocycles. The Kier molecular flexibility index (Phi) is 7.74. The molecule has 0 atom stereocenters. The molecule has 2 nitrogen and oxygen atoms in total. The molecule has 0 bridgehead atoms. The summed E-state index contributed by atoms with van der Waals surface area (Å²) in [5.41, 5.74) is 1.11. The third-order valence-corrected chi connectivity index (χ3v) is 4.03. The van der Waals surface area contributed by atoms with Crippen molar-refractivity contribution in [1.82, 2.24) is 0 Å². The van der Waals surface area contributed by atoms with Crippen molar-refractivity contribution in [3.8, 4) is 11.5 Å². The van der Waals surface area contributed by atoms with Gasteiger partial charge in [-0.05, 0) is 67.6 Å². The Morgan fingerprint density at radius 2 is 1.22 bits per heavy atom. The van der Waals surface area contributed by atoms with Crippen LogP contribution in [0.15, 0.2) is 59.6 Å². The Labute approximate surface area is 147 Å². The van der Waals surface area contributed by atoms with Crippen LogP contribution < -0.4 is 9.47 Å². The molecule has 122 valence electrons. The van der Waals surface area contributed by atoms with Crippen molar-refractivity contribution in [1.29, 1.82) is 0 Å². The monoisotopic (exact) mass is 374 g/mol. The quantitative estimate of drug-likeness (QED) is 0.467. The van der Waals surface area contributed by atoms with Crippen LogP contribution >= 0.6 is 15.9 Å². The zero-order valence-electron chi connectivity index (χ0n) is 13.3. The molecule has 0 aliphatic heterocycles. The molecule has 2 rings (SSSR count). The van der Waals surface area contributed by atoms with Gasteiger partial charge in [0, 0.05) is 4.47 Å². The first kappa shape index (κ1) is 17.6. The van der Waals surface area contributed by atoms with Crippen molar-refractivity contribution < 1.29 is 9.47 Å². The lowest BCUT2D eigenvalue weighted by Gasteiger charge is -2.07. The first-order chi connectivity index (χ1) is 11.3. The minimum Gasteiger partial charge on any atom is -0.494 e.